The van der Waals surface area contributed by atoms with Gasteiger partial charge in [-0.3, -0.25) is 4.68 Å². The number of hydrogen-bond donors (Lipinski definition) is 0. The van der Waals surface area contributed by atoms with Gasteiger partial charge in [0.1, 0.15) is 6.20 Å². The lowest BCUT2D eigenvalue weighted by molar-refractivity contribution is 0.368. The number of halogens is 4. The molecule has 0 aromatic carbocycles. The Kier molecular flexibility index (Phi) is 4.94. The van der Waals surface area contributed by atoms with Crippen LogP contribution in [0, 0.1) is 5.39 Å². The molecule has 0 aliphatic heterocycles. The van der Waals surface area contributed by atoms with Gasteiger partial charge in [-0.25, -0.2) is 0 Å². The highest BCUT2D eigenvalue weighted by Gasteiger charge is 2.21. The first-order valence-corrected chi connectivity index (χ1v) is 4.41. The van der Waals surface area contributed by atoms with Crippen molar-refractivity contribution in [1.82, 2.24) is 9.78 Å². The molecule has 0 amide bonds. The minimum absolute atomic E-state index is 0.294. The minimum atomic E-state index is -6.00. The van der Waals surface area contributed by atoms with Gasteiger partial charge in [0.25, 0.3) is 0 Å². The van der Waals surface area contributed by atoms with Crippen molar-refractivity contribution in [2.75, 3.05) is 0 Å². The van der Waals surface area contributed by atoms with E-state index in [0.717, 1.165) is 5.69 Å². The zero-order chi connectivity index (χ0) is 12.9. The maximum atomic E-state index is 9.75. The van der Waals surface area contributed by atoms with Crippen LogP contribution in [0.25, 0.3) is 4.98 Å². The Labute approximate surface area is 90.0 Å². The molecule has 1 aromatic heterocycles. The highest BCUT2D eigenvalue weighted by molar-refractivity contribution is 6.50. The second-order valence-electron chi connectivity index (χ2n) is 3.32. The third-order valence-corrected chi connectivity index (χ3v) is 1.49. The van der Waals surface area contributed by atoms with Crippen LogP contribution < -0.4 is 0 Å². The van der Waals surface area contributed by atoms with Gasteiger partial charge in [0.15, 0.2) is 10.7 Å². The Hall–Kier alpha value is -1.59. The van der Waals surface area contributed by atoms with Gasteiger partial charge in [-0.2, -0.15) is 5.10 Å². The van der Waals surface area contributed by atoms with Crippen molar-refractivity contribution in [2.45, 2.75) is 19.8 Å². The Morgan fingerprint density at radius 1 is 1.38 bits per heavy atom. The van der Waals surface area contributed by atoms with Crippen molar-refractivity contribution in [3.8, 4) is 0 Å². The number of aryl methyl sites for hydroxylation is 1. The normalized spacial score (nSPS) is 10.7. The molecule has 0 fully saturated rings. The first-order chi connectivity index (χ1) is 7.15. The van der Waals surface area contributed by atoms with E-state index < -0.39 is 7.25 Å². The molecule has 0 radical (unpaired) electrons. The van der Waals surface area contributed by atoms with Gasteiger partial charge in [0.05, 0.1) is 0 Å². The number of diazo groups is 1. The highest BCUT2D eigenvalue weighted by atomic mass is 19.5. The Morgan fingerprint density at radius 3 is 2.06 bits per heavy atom. The summed E-state index contributed by atoms with van der Waals surface area (Å²) in [4.78, 5) is 3.13. The molecule has 0 atom stereocenters. The second kappa shape index (κ2) is 5.49. The molecule has 1 heterocycles. The SMILES string of the molecule is CC(C)c1nn(C)cc1[N+]#N.F[B-](F)(F)F. The molecule has 4 nitrogen and oxygen atoms in total. The fourth-order valence-electron chi connectivity index (χ4n) is 0.981. The molecule has 0 unspecified atom stereocenters. The van der Waals surface area contributed by atoms with Crippen LogP contribution in [0.1, 0.15) is 25.5 Å². The van der Waals surface area contributed by atoms with E-state index in [0.29, 0.717) is 11.6 Å². The van der Waals surface area contributed by atoms with Crippen LogP contribution in [0.2, 0.25) is 0 Å². The fraction of sp³-hybridized carbons (Fsp3) is 0.571. The highest BCUT2D eigenvalue weighted by Crippen LogP contribution is 2.24. The molecule has 0 N–H and O–H groups in total. The van der Waals surface area contributed by atoms with Crippen LogP contribution >= 0.6 is 0 Å². The smallest absolute Gasteiger partial charge is 0.418 e. The molecule has 0 saturated heterocycles. The lowest BCUT2D eigenvalue weighted by Crippen LogP contribution is -2.02. The van der Waals surface area contributed by atoms with Crippen molar-refractivity contribution < 1.29 is 17.3 Å². The zero-order valence-corrected chi connectivity index (χ0v) is 9.03. The molecule has 0 bridgehead atoms. The van der Waals surface area contributed by atoms with Gasteiger partial charge in [-0.1, -0.05) is 13.8 Å². The van der Waals surface area contributed by atoms with Crippen LogP contribution in [0.5, 0.6) is 0 Å². The summed E-state index contributed by atoms with van der Waals surface area (Å²) in [6, 6.07) is 0. The van der Waals surface area contributed by atoms with Gasteiger partial charge in [-0.05, 0) is 0 Å². The maximum absolute atomic E-state index is 9.75. The molecule has 0 saturated carbocycles. The van der Waals surface area contributed by atoms with Crippen LogP contribution in [0.4, 0.5) is 23.0 Å². The van der Waals surface area contributed by atoms with Gasteiger partial charge < -0.3 is 17.3 Å². The third-order valence-electron chi connectivity index (χ3n) is 1.49. The van der Waals surface area contributed by atoms with Gasteiger partial charge in [0, 0.05) is 13.0 Å². The van der Waals surface area contributed by atoms with E-state index in [-0.39, 0.29) is 0 Å². The van der Waals surface area contributed by atoms with Crippen LogP contribution in [0.15, 0.2) is 6.20 Å². The number of rotatable bonds is 1. The molecular weight excluding hydrogens is 227 g/mol. The average Bonchev–Trinajstić information content (AvgIpc) is 2.43. The molecule has 0 aliphatic carbocycles. The summed E-state index contributed by atoms with van der Waals surface area (Å²) < 4.78 is 40.6. The largest absolute Gasteiger partial charge is 0.673 e. The van der Waals surface area contributed by atoms with Crippen LogP contribution in [-0.2, 0) is 7.05 Å². The molecule has 0 aliphatic rings. The molecule has 9 heteroatoms. The third kappa shape index (κ3) is 6.00. The number of hydrogen-bond acceptors (Lipinski definition) is 2. The molecular formula is C7H11BF4N4. The number of nitrogens with zero attached hydrogens (tertiary/aromatic N) is 4. The van der Waals surface area contributed by atoms with Gasteiger partial charge in [0.2, 0.25) is 5.39 Å². The maximum Gasteiger partial charge on any atom is 0.673 e. The average molecular weight is 238 g/mol. The standard InChI is InChI=1S/C7H11N4.BF4/c1-5(2)7-6(9-8)4-11(3)10-7;2-1(3,4)5/h4-5H,1-3H3;/q+1;-1. The predicted molar refractivity (Wildman–Crippen MR) is 52.2 cm³/mol. The topological polar surface area (TPSA) is 46.0 Å². The second-order valence-corrected chi connectivity index (χ2v) is 3.32. The van der Waals surface area contributed by atoms with Gasteiger partial charge >= 0.3 is 12.9 Å². The van der Waals surface area contributed by atoms with Gasteiger partial charge in [-0.15, -0.1) is 0 Å². The Balaban J connectivity index is 0.000000385. The molecule has 1 rings (SSSR count). The van der Waals surface area contributed by atoms with E-state index in [4.69, 9.17) is 5.39 Å². The van der Waals surface area contributed by atoms with Crippen molar-refractivity contribution in [3.63, 3.8) is 0 Å². The van der Waals surface area contributed by atoms with E-state index in [1.807, 2.05) is 13.8 Å². The fourth-order valence-corrected chi connectivity index (χ4v) is 0.981. The van der Waals surface area contributed by atoms with Crippen molar-refractivity contribution in [1.29, 1.82) is 5.39 Å². The minimum Gasteiger partial charge on any atom is -0.418 e. The van der Waals surface area contributed by atoms with E-state index in [2.05, 4.69) is 10.1 Å². The van der Waals surface area contributed by atoms with Crippen molar-refractivity contribution in [2.24, 2.45) is 7.05 Å². The number of aromatic nitrogens is 2. The van der Waals surface area contributed by atoms with E-state index >= 15 is 0 Å². The summed E-state index contributed by atoms with van der Waals surface area (Å²) in [5.74, 6) is 0.294. The van der Waals surface area contributed by atoms with Crippen LogP contribution in [-0.4, -0.2) is 17.0 Å². The Bertz CT molecular complexity index is 373. The summed E-state index contributed by atoms with van der Waals surface area (Å²) in [6.07, 6.45) is 1.69. The summed E-state index contributed by atoms with van der Waals surface area (Å²) in [7, 11) is -4.19. The molecule has 0 spiro atoms. The Morgan fingerprint density at radius 2 is 1.81 bits per heavy atom. The van der Waals surface area contributed by atoms with E-state index in [1.54, 1.807) is 17.9 Å². The van der Waals surface area contributed by atoms with Crippen LogP contribution in [0.3, 0.4) is 0 Å². The van der Waals surface area contributed by atoms with Crippen molar-refractivity contribution >= 4 is 12.9 Å². The monoisotopic (exact) mass is 238 g/mol. The summed E-state index contributed by atoms with van der Waals surface area (Å²) >= 11 is 0. The lowest BCUT2D eigenvalue weighted by Gasteiger charge is -1.94. The molecule has 90 valence electrons. The summed E-state index contributed by atoms with van der Waals surface area (Å²) in [6.45, 7) is 4.02. The van der Waals surface area contributed by atoms with Crippen molar-refractivity contribution in [3.05, 3.63) is 16.9 Å². The molecule has 16 heavy (non-hydrogen) atoms. The lowest BCUT2D eigenvalue weighted by atomic mass is 10.1. The first-order valence-electron chi connectivity index (χ1n) is 4.41. The predicted octanol–water partition coefficient (Wildman–Crippen LogP) is 3.33. The zero-order valence-electron chi connectivity index (χ0n) is 9.03. The van der Waals surface area contributed by atoms with E-state index in [9.17, 15) is 17.3 Å². The quantitative estimate of drug-likeness (QED) is 0.428. The summed E-state index contributed by atoms with van der Waals surface area (Å²) in [5.41, 5.74) is 1.39. The molecule has 1 aromatic rings. The summed E-state index contributed by atoms with van der Waals surface area (Å²) in [5, 5.41) is 12.7. The van der Waals surface area contributed by atoms with E-state index in [1.165, 1.54) is 0 Å². The first kappa shape index (κ1) is 14.4.